The average Bonchev–Trinajstić information content (AvgIpc) is 2.81. The smallest absolute Gasteiger partial charge is 0.481 e. The van der Waals surface area contributed by atoms with E-state index in [1.807, 2.05) is 0 Å². The third-order valence-corrected chi connectivity index (χ3v) is 23.5. The largest absolute Gasteiger partial charge is 2.00 e. The van der Waals surface area contributed by atoms with Gasteiger partial charge in [-0.25, -0.2) is 0 Å². The number of aliphatic hydroxyl groups is 2. The van der Waals surface area contributed by atoms with E-state index < -0.39 is 12.3 Å². The summed E-state index contributed by atoms with van der Waals surface area (Å²) in [7, 11) is -0.466. The van der Waals surface area contributed by atoms with Crippen molar-refractivity contribution in [2.75, 3.05) is 0 Å². The van der Waals surface area contributed by atoms with Crippen molar-refractivity contribution in [2.45, 2.75) is 255 Å². The number of carbonyl (C=O) groups is 1. The molecule has 0 aliphatic carbocycles. The van der Waals surface area contributed by atoms with Crippen molar-refractivity contribution in [1.82, 2.24) is 0 Å². The van der Waals surface area contributed by atoms with Crippen LogP contribution in [0.1, 0.15) is 187 Å². The Labute approximate surface area is 368 Å². The third-order valence-electron chi connectivity index (χ3n) is 7.82. The maximum Gasteiger partial charge on any atom is 2.00 e. The van der Waals surface area contributed by atoms with Crippen LogP contribution in [0, 0.1) is 17.0 Å². The standard InChI is InChI=1S/4C9H21P.C2H3N.C2H6O2.C2H4O2.2Pd/c4*1-7(2)10(8(3)4)9(5)6;1-2-3;2*1-2(3)4;;/h7-8,10H,1-6H3;3*7-9H,1-6H3;1H3;2-4H,1H3;1H3,(H,3,4);;/q;;;;;;;;+2/p+3. The van der Waals surface area contributed by atoms with Gasteiger partial charge in [0.15, 0.2) is 0 Å². The molecule has 0 radical (unpaired) electrons. The molecule has 0 atom stereocenters. The quantitative estimate of drug-likeness (QED) is 0.0782. The molecule has 0 bridgehead atoms. The predicted molar refractivity (Wildman–Crippen MR) is 253 cm³/mol. The van der Waals surface area contributed by atoms with E-state index in [1.54, 1.807) is 11.7 Å². The zero-order valence-electron chi connectivity index (χ0n) is 40.3. The zero-order valence-corrected chi connectivity index (χ0v) is 47.4. The fraction of sp³-hybridized carbons (Fsp3) is 0.929. The summed E-state index contributed by atoms with van der Waals surface area (Å²) in [5.74, 6) is -0.833. The second kappa shape index (κ2) is 46.6. The van der Waals surface area contributed by atoms with Crippen LogP contribution < -0.4 is 0 Å². The summed E-state index contributed by atoms with van der Waals surface area (Å²) in [5.41, 5.74) is 11.9. The van der Waals surface area contributed by atoms with E-state index in [-0.39, 0.29) is 72.5 Å². The summed E-state index contributed by atoms with van der Waals surface area (Å²) in [6.45, 7) is 60.4. The van der Waals surface area contributed by atoms with Crippen molar-refractivity contribution in [3.05, 3.63) is 5.66 Å². The van der Waals surface area contributed by atoms with E-state index in [1.165, 1.54) is 13.8 Å². The van der Waals surface area contributed by atoms with Gasteiger partial charge in [-0.15, -0.1) is 7.92 Å². The minimum Gasteiger partial charge on any atom is -0.481 e. The molecule has 0 amide bonds. The van der Waals surface area contributed by atoms with Crippen molar-refractivity contribution in [2.24, 2.45) is 0 Å². The summed E-state index contributed by atoms with van der Waals surface area (Å²) in [6.07, 6.45) is -1.17. The topological polar surface area (TPSA) is 102 Å². The molecule has 0 saturated heterocycles. The summed E-state index contributed by atoms with van der Waals surface area (Å²) in [5, 5.41) is 30.0. The first-order chi connectivity index (χ1) is 22.7. The van der Waals surface area contributed by atoms with Gasteiger partial charge in [0.1, 0.15) is 6.29 Å². The van der Waals surface area contributed by atoms with Gasteiger partial charge in [-0.2, -0.15) is 24.8 Å². The van der Waals surface area contributed by atoms with Gasteiger partial charge in [-0.1, -0.05) is 0 Å². The number of aliphatic carboxylic acids is 1. The number of aliphatic hydroxyl groups excluding tert-OH is 1. The van der Waals surface area contributed by atoms with E-state index in [4.69, 9.17) is 25.4 Å². The number of nitriles is 1. The summed E-state index contributed by atoms with van der Waals surface area (Å²) in [4.78, 5) is 9.00. The molecule has 0 spiro atoms. The molecule has 0 fully saturated rings. The Morgan fingerprint density at radius 2 is 0.585 bits per heavy atom. The van der Waals surface area contributed by atoms with E-state index in [0.29, 0.717) is 0 Å². The molecule has 5 nitrogen and oxygen atoms in total. The number of hydrogen-bond acceptors (Lipinski definition) is 4. The molecule has 0 rings (SSSR count). The first-order valence-electron chi connectivity index (χ1n) is 19.9. The molecule has 0 unspecified atom stereocenters. The molecule has 3 N–H and O–H groups in total. The monoisotopic (exact) mass is 1020 g/mol. The van der Waals surface area contributed by atoms with Crippen LogP contribution in [0.25, 0.3) is 0 Å². The number of rotatable bonds is 12. The summed E-state index contributed by atoms with van der Waals surface area (Å²) < 4.78 is 0. The van der Waals surface area contributed by atoms with Crippen molar-refractivity contribution in [1.29, 1.82) is 5.26 Å². The van der Waals surface area contributed by atoms with Gasteiger partial charge in [0.05, 0.1) is 57.0 Å². The molecule has 0 aromatic carbocycles. The van der Waals surface area contributed by atoms with Crippen LogP contribution in [-0.4, -0.2) is 89.8 Å². The molecule has 0 heterocycles. The first-order valence-corrected chi connectivity index (χ1v) is 26.7. The number of hydrogen-bond donors (Lipinski definition) is 3. The zero-order chi connectivity index (χ0) is 43.1. The second-order valence-electron chi connectivity index (χ2n) is 17.0. The molecule has 11 heteroatoms. The van der Waals surface area contributed by atoms with E-state index >= 15 is 0 Å². The Bertz CT molecular complexity index is 594. The Kier molecular flexibility index (Phi) is 66.6. The Morgan fingerprint density at radius 3 is 0.585 bits per heavy atom. The van der Waals surface area contributed by atoms with Gasteiger partial charge in [-0.3, -0.25) is 4.79 Å². The maximum atomic E-state index is 9.00. The third kappa shape index (κ3) is 58.3. The minimum absolute atomic E-state index is 0. The van der Waals surface area contributed by atoms with Gasteiger partial charge in [0.2, 0.25) is 0 Å². The van der Waals surface area contributed by atoms with Crippen molar-refractivity contribution >= 4 is 37.7 Å². The molecule has 53 heavy (non-hydrogen) atoms. The van der Waals surface area contributed by atoms with Crippen molar-refractivity contribution in [3.63, 3.8) is 0 Å². The molecule has 0 aromatic heterocycles. The molecule has 0 aromatic rings. The fourth-order valence-corrected chi connectivity index (χ4v) is 23.5. The number of nitrogens with zero attached hydrogens (tertiary/aromatic N) is 1. The molecule has 332 valence electrons. The van der Waals surface area contributed by atoms with E-state index in [0.717, 1.165) is 69.2 Å². The van der Waals surface area contributed by atoms with Crippen LogP contribution >= 0.6 is 31.7 Å². The van der Waals surface area contributed by atoms with E-state index in [2.05, 4.69) is 166 Å². The molecular weight excluding hydrogens is 919 g/mol. The molecule has 0 saturated carbocycles. The molecule has 0 aliphatic rings. The van der Waals surface area contributed by atoms with Gasteiger partial charge >= 0.3 is 20.4 Å². The Morgan fingerprint density at radius 1 is 0.491 bits per heavy atom. The van der Waals surface area contributed by atoms with Crippen LogP contribution in [0.5, 0.6) is 0 Å². The van der Waals surface area contributed by atoms with Gasteiger partial charge < -0.3 is 15.3 Å². The van der Waals surface area contributed by atoms with Crippen molar-refractivity contribution in [3.8, 4) is 6.07 Å². The summed E-state index contributed by atoms with van der Waals surface area (Å²) in [6, 6.07) is 1.75. The predicted octanol–water partition coefficient (Wildman–Crippen LogP) is 13.8. The normalized spacial score (nSPS) is 10.8. The fourth-order valence-electron chi connectivity index (χ4n) is 7.82. The van der Waals surface area contributed by atoms with E-state index in [9.17, 15) is 0 Å². The maximum absolute atomic E-state index is 9.00. The van der Waals surface area contributed by atoms with Gasteiger partial charge in [0.25, 0.3) is 5.97 Å². The van der Waals surface area contributed by atoms with Crippen LogP contribution in [0.2, 0.25) is 0 Å². The average molecular weight is 1020 g/mol. The Hall–Kier alpha value is 1.92. The summed E-state index contributed by atoms with van der Waals surface area (Å²) >= 11 is 0. The van der Waals surface area contributed by atoms with Gasteiger partial charge in [-0.05, 0) is 159 Å². The minimum atomic E-state index is -1.17. The van der Waals surface area contributed by atoms with Crippen LogP contribution in [0.3, 0.4) is 0 Å². The van der Waals surface area contributed by atoms with Crippen molar-refractivity contribution < 1.29 is 61.0 Å². The van der Waals surface area contributed by atoms with Crippen LogP contribution in [-0.2, 0) is 45.6 Å². The van der Waals surface area contributed by atoms with Crippen LogP contribution in [0.4, 0.5) is 0 Å². The molecular formula is C42H100NO4P4Pd2+5. The SMILES string of the molecule is CC#N.CC(=O)O.CC(C)[PH+](C(C)C)C(C)C.CC(C)[PH+](C(C)C)C(C)C.CC(C)[PH+](C(C)C)C(C)C.CC(O)O.C[C-](C)[PH+](C(C)C)C(C)C.[Pd+2].[Pd]. The number of carboxylic acids is 1. The first kappa shape index (κ1) is 75.7. The van der Waals surface area contributed by atoms with Gasteiger partial charge in [0, 0.05) is 69.4 Å². The molecule has 0 aliphatic heterocycles. The number of carboxylic acid groups (broad SMARTS) is 1. The second-order valence-corrected chi connectivity index (χ2v) is 34.6. The Balaban J connectivity index is -0.0000000628. The van der Waals surface area contributed by atoms with Crippen LogP contribution in [0.15, 0.2) is 0 Å².